The van der Waals surface area contributed by atoms with Gasteiger partial charge in [-0.25, -0.2) is 0 Å². The molecule has 3 nitrogen and oxygen atoms in total. The molecule has 4 aromatic heterocycles. The van der Waals surface area contributed by atoms with Crippen LogP contribution in [0.5, 0.6) is 0 Å². The minimum absolute atomic E-state index is 0. The molecule has 0 aliphatic heterocycles. The third-order valence-electron chi connectivity index (χ3n) is 5.33. The summed E-state index contributed by atoms with van der Waals surface area (Å²) in [7, 11) is 0. The number of nitrogens with zero attached hydrogens (tertiary/aromatic N) is 3. The number of rotatable bonds is 1. The minimum atomic E-state index is 0. The Morgan fingerprint density at radius 2 is 1.56 bits per heavy atom. The van der Waals surface area contributed by atoms with Gasteiger partial charge in [-0.15, -0.1) is 41.3 Å². The molecule has 0 amide bonds. The number of aromatic nitrogens is 3. The van der Waals surface area contributed by atoms with E-state index < -0.39 is 0 Å². The molecule has 5 heteroatoms. The zero-order valence-electron chi connectivity index (χ0n) is 16.7. The normalized spacial score (nSPS) is 10.9. The van der Waals surface area contributed by atoms with Crippen molar-refractivity contribution in [2.45, 2.75) is 0 Å². The van der Waals surface area contributed by atoms with Crippen molar-refractivity contribution in [1.82, 2.24) is 15.0 Å². The van der Waals surface area contributed by atoms with Crippen LogP contribution >= 0.6 is 11.3 Å². The van der Waals surface area contributed by atoms with Gasteiger partial charge < -0.3 is 15.0 Å². The van der Waals surface area contributed by atoms with Gasteiger partial charge in [0.05, 0.1) is 0 Å². The van der Waals surface area contributed by atoms with E-state index in [0.29, 0.717) is 0 Å². The average molecular weight is 606 g/mol. The van der Waals surface area contributed by atoms with Crippen LogP contribution in [0.15, 0.2) is 91.5 Å². The molecular formula is C27H15IrN3S-2. The second-order valence-electron chi connectivity index (χ2n) is 7.14. The number of hydrogen-bond donors (Lipinski definition) is 0. The molecule has 0 bridgehead atoms. The van der Waals surface area contributed by atoms with Crippen LogP contribution in [-0.4, -0.2) is 15.0 Å². The molecule has 0 unspecified atom stereocenters. The van der Waals surface area contributed by atoms with Gasteiger partial charge in [0.2, 0.25) is 0 Å². The summed E-state index contributed by atoms with van der Waals surface area (Å²) >= 11 is 1.85. The van der Waals surface area contributed by atoms with E-state index in [-0.39, 0.29) is 20.1 Å². The zero-order valence-corrected chi connectivity index (χ0v) is 20.0. The van der Waals surface area contributed by atoms with Crippen molar-refractivity contribution < 1.29 is 20.1 Å². The fraction of sp³-hybridized carbons (Fsp3) is 0. The summed E-state index contributed by atoms with van der Waals surface area (Å²) in [5.41, 5.74) is 2.90. The van der Waals surface area contributed by atoms with Gasteiger partial charge in [0.25, 0.3) is 0 Å². The quantitative estimate of drug-likeness (QED) is 0.150. The third kappa shape index (κ3) is 3.45. The van der Waals surface area contributed by atoms with Crippen molar-refractivity contribution >= 4 is 53.2 Å². The topological polar surface area (TPSA) is 38.7 Å². The summed E-state index contributed by atoms with van der Waals surface area (Å²) in [6.07, 6.45) is 7.08. The number of thiophene rings is 1. The monoisotopic (exact) mass is 606 g/mol. The SMILES string of the molecule is [Ir].[c-]1ccc2sc3cccc4c5cccnc5c1c2c34.[c-]1ccncc1-c1ccccn1. The van der Waals surface area contributed by atoms with Crippen molar-refractivity contribution in [2.75, 3.05) is 0 Å². The van der Waals surface area contributed by atoms with Crippen molar-refractivity contribution in [3.05, 3.63) is 104 Å². The van der Waals surface area contributed by atoms with Gasteiger partial charge in [0, 0.05) is 37.2 Å². The van der Waals surface area contributed by atoms with Crippen LogP contribution in [0.4, 0.5) is 0 Å². The van der Waals surface area contributed by atoms with Crippen LogP contribution in [0.25, 0.3) is 53.1 Å². The van der Waals surface area contributed by atoms with Gasteiger partial charge in [-0.1, -0.05) is 48.1 Å². The molecule has 32 heavy (non-hydrogen) atoms. The Morgan fingerprint density at radius 3 is 2.41 bits per heavy atom. The molecule has 4 heterocycles. The fourth-order valence-electron chi connectivity index (χ4n) is 4.03. The third-order valence-corrected chi connectivity index (χ3v) is 6.45. The molecule has 0 saturated carbocycles. The van der Waals surface area contributed by atoms with Gasteiger partial charge in [0.1, 0.15) is 0 Å². The van der Waals surface area contributed by atoms with E-state index >= 15 is 0 Å². The predicted octanol–water partition coefficient (Wildman–Crippen LogP) is 6.94. The number of hydrogen-bond acceptors (Lipinski definition) is 4. The summed E-state index contributed by atoms with van der Waals surface area (Å²) < 4.78 is 2.68. The maximum absolute atomic E-state index is 4.58. The Kier molecular flexibility index (Phi) is 5.62. The summed E-state index contributed by atoms with van der Waals surface area (Å²) in [6.45, 7) is 0. The molecular weight excluding hydrogens is 591 g/mol. The van der Waals surface area contributed by atoms with Crippen LogP contribution in [0.2, 0.25) is 0 Å². The van der Waals surface area contributed by atoms with Crippen molar-refractivity contribution in [3.8, 4) is 11.3 Å². The Hall–Kier alpha value is -3.24. The molecule has 3 aromatic carbocycles. The fourth-order valence-corrected chi connectivity index (χ4v) is 5.17. The molecule has 0 saturated heterocycles. The van der Waals surface area contributed by atoms with Crippen molar-refractivity contribution in [2.24, 2.45) is 0 Å². The Balaban J connectivity index is 0.000000145. The summed E-state index contributed by atoms with van der Waals surface area (Å²) in [4.78, 5) is 12.8. The van der Waals surface area contributed by atoms with E-state index in [1.54, 1.807) is 24.7 Å². The molecule has 1 radical (unpaired) electrons. The first-order valence-electron chi connectivity index (χ1n) is 9.95. The van der Waals surface area contributed by atoms with Gasteiger partial charge in [-0.2, -0.15) is 11.3 Å². The molecule has 0 fully saturated rings. The number of benzene rings is 3. The standard InChI is InChI=1S/C17H8NS.C10H7N2.Ir/c1-4-10-11-6-3-9-18-17(11)12-5-2-8-14-16(12)15(10)13(7-1)19-14;1-2-7-12-10(5-1)9-4-3-6-11-8-9;/h1-4,6-9H;1-3,5-8H;/q2*-1;. The summed E-state index contributed by atoms with van der Waals surface area (Å²) in [5.74, 6) is 0. The smallest absolute Gasteiger partial charge is 0.0251 e. The van der Waals surface area contributed by atoms with Crippen LogP contribution in [0.1, 0.15) is 0 Å². The molecule has 7 aromatic rings. The van der Waals surface area contributed by atoms with E-state index in [9.17, 15) is 0 Å². The first-order chi connectivity index (χ1) is 15.4. The van der Waals surface area contributed by atoms with E-state index in [1.807, 2.05) is 47.9 Å². The Bertz CT molecular complexity index is 1510. The van der Waals surface area contributed by atoms with Crippen LogP contribution in [-0.2, 0) is 20.1 Å². The Morgan fingerprint density at radius 1 is 0.688 bits per heavy atom. The van der Waals surface area contributed by atoms with Crippen molar-refractivity contribution in [1.29, 1.82) is 0 Å². The predicted molar refractivity (Wildman–Crippen MR) is 128 cm³/mol. The summed E-state index contributed by atoms with van der Waals surface area (Å²) in [6, 6.07) is 28.9. The van der Waals surface area contributed by atoms with E-state index in [2.05, 4.69) is 57.4 Å². The maximum Gasteiger partial charge on any atom is 0.0251 e. The molecule has 0 N–H and O–H groups in total. The van der Waals surface area contributed by atoms with E-state index in [0.717, 1.165) is 22.2 Å². The van der Waals surface area contributed by atoms with Gasteiger partial charge in [-0.3, -0.25) is 0 Å². The first-order valence-corrected chi connectivity index (χ1v) is 10.8. The number of fused-ring (bicyclic) bond motifs is 3. The van der Waals surface area contributed by atoms with Gasteiger partial charge >= 0.3 is 0 Å². The second kappa shape index (κ2) is 8.71. The van der Waals surface area contributed by atoms with Gasteiger partial charge in [0.15, 0.2) is 0 Å². The average Bonchev–Trinajstić information content (AvgIpc) is 3.25. The molecule has 155 valence electrons. The van der Waals surface area contributed by atoms with Crippen LogP contribution in [0.3, 0.4) is 0 Å². The molecule has 0 atom stereocenters. The zero-order chi connectivity index (χ0) is 20.6. The molecule has 0 aliphatic carbocycles. The van der Waals surface area contributed by atoms with Crippen LogP contribution < -0.4 is 0 Å². The van der Waals surface area contributed by atoms with Crippen LogP contribution in [0, 0.1) is 12.1 Å². The maximum atomic E-state index is 4.58. The summed E-state index contributed by atoms with van der Waals surface area (Å²) in [5, 5.41) is 6.37. The van der Waals surface area contributed by atoms with E-state index in [1.165, 1.54) is 30.9 Å². The molecule has 0 aliphatic rings. The largest absolute Gasteiger partial charge is 0.360 e. The van der Waals surface area contributed by atoms with E-state index in [4.69, 9.17) is 0 Å². The van der Waals surface area contributed by atoms with Crippen molar-refractivity contribution in [3.63, 3.8) is 0 Å². The first kappa shape index (κ1) is 20.7. The molecule has 0 spiro atoms. The molecule has 7 rings (SSSR count). The Labute approximate surface area is 202 Å². The minimum Gasteiger partial charge on any atom is -0.360 e. The second-order valence-corrected chi connectivity index (χ2v) is 8.22. The van der Waals surface area contributed by atoms with Gasteiger partial charge in [-0.05, 0) is 50.3 Å². The number of pyridine rings is 3.